The van der Waals surface area contributed by atoms with Crippen molar-refractivity contribution in [3.63, 3.8) is 0 Å². The van der Waals surface area contributed by atoms with Gasteiger partial charge >= 0.3 is 0 Å². The van der Waals surface area contributed by atoms with Gasteiger partial charge in [0.05, 0.1) is 15.6 Å². The molecular formula is C27H20N4S2. The highest BCUT2D eigenvalue weighted by molar-refractivity contribution is 7.21. The predicted octanol–water partition coefficient (Wildman–Crippen LogP) is 8.00. The van der Waals surface area contributed by atoms with Gasteiger partial charge in [-0.2, -0.15) is 0 Å². The van der Waals surface area contributed by atoms with Crippen molar-refractivity contribution in [2.75, 3.05) is 5.32 Å². The Morgan fingerprint density at radius 1 is 0.788 bits per heavy atom. The minimum absolute atomic E-state index is 0.825. The fraction of sp³-hybridized carbons (Fsp3) is 0.0741. The normalized spacial score (nSPS) is 11.3. The van der Waals surface area contributed by atoms with Crippen LogP contribution in [0.5, 0.6) is 0 Å². The van der Waals surface area contributed by atoms with Crippen LogP contribution in [0.3, 0.4) is 0 Å². The minimum Gasteiger partial charge on any atom is -0.340 e. The predicted molar refractivity (Wildman–Crippen MR) is 141 cm³/mol. The second-order valence-electron chi connectivity index (χ2n) is 7.99. The van der Waals surface area contributed by atoms with Gasteiger partial charge in [-0.3, -0.25) is 0 Å². The van der Waals surface area contributed by atoms with E-state index in [4.69, 9.17) is 4.98 Å². The molecule has 0 unspecified atom stereocenters. The van der Waals surface area contributed by atoms with Crippen LogP contribution in [-0.4, -0.2) is 15.0 Å². The lowest BCUT2D eigenvalue weighted by molar-refractivity contribution is 1.23. The van der Waals surface area contributed by atoms with Crippen LogP contribution in [0.25, 0.3) is 42.1 Å². The Labute approximate surface area is 199 Å². The number of aromatic nitrogens is 3. The molecule has 4 nitrogen and oxygen atoms in total. The lowest BCUT2D eigenvalue weighted by Crippen LogP contribution is -1.95. The maximum absolute atomic E-state index is 4.81. The fourth-order valence-electron chi connectivity index (χ4n) is 4.08. The summed E-state index contributed by atoms with van der Waals surface area (Å²) < 4.78 is 1.22. The van der Waals surface area contributed by atoms with Crippen molar-refractivity contribution >= 4 is 54.6 Å². The second-order valence-corrected chi connectivity index (χ2v) is 10.2. The van der Waals surface area contributed by atoms with Gasteiger partial charge < -0.3 is 5.32 Å². The largest absolute Gasteiger partial charge is 0.340 e. The maximum Gasteiger partial charge on any atom is 0.143 e. The highest BCUT2D eigenvalue weighted by atomic mass is 32.1. The Bertz CT molecular complexity index is 1600. The zero-order valence-corrected chi connectivity index (χ0v) is 19.8. The smallest absolute Gasteiger partial charge is 0.143 e. The Morgan fingerprint density at radius 2 is 1.61 bits per heavy atom. The van der Waals surface area contributed by atoms with Gasteiger partial charge in [0.1, 0.15) is 22.0 Å². The standard InChI is InChI=1S/C27H20N4S2/c1-16-8-13-21-22(14-16)33-26(31-21)19-9-11-20(12-10-19)30-25-24-23(18-6-4-3-5-7-18)17(2)32-27(24)29-15-28-25/h3-15H,1-2H3,(H,28,29,30). The number of fused-ring (bicyclic) bond motifs is 2. The lowest BCUT2D eigenvalue weighted by Gasteiger charge is -2.09. The molecule has 0 radical (unpaired) electrons. The Hall–Kier alpha value is -3.61. The molecule has 0 atom stereocenters. The van der Waals surface area contributed by atoms with Crippen LogP contribution >= 0.6 is 22.7 Å². The monoisotopic (exact) mass is 464 g/mol. The summed E-state index contributed by atoms with van der Waals surface area (Å²) in [6.45, 7) is 4.26. The molecule has 0 spiro atoms. The molecule has 3 aromatic heterocycles. The van der Waals surface area contributed by atoms with Crippen LogP contribution in [0.1, 0.15) is 10.4 Å². The first-order valence-corrected chi connectivity index (χ1v) is 12.3. The summed E-state index contributed by atoms with van der Waals surface area (Å²) in [5, 5.41) is 5.62. The van der Waals surface area contributed by atoms with E-state index in [1.165, 1.54) is 26.3 Å². The molecule has 0 saturated heterocycles. The molecule has 3 heterocycles. The molecule has 6 rings (SSSR count). The molecule has 0 saturated carbocycles. The fourth-order valence-corrected chi connectivity index (χ4v) is 6.16. The lowest BCUT2D eigenvalue weighted by atomic mass is 10.0. The molecule has 0 fully saturated rings. The number of hydrogen-bond acceptors (Lipinski definition) is 6. The van der Waals surface area contributed by atoms with E-state index in [0.717, 1.165) is 37.8 Å². The van der Waals surface area contributed by atoms with E-state index in [1.807, 2.05) is 6.07 Å². The average molecular weight is 465 g/mol. The van der Waals surface area contributed by atoms with Gasteiger partial charge in [0.2, 0.25) is 0 Å². The van der Waals surface area contributed by atoms with Crippen LogP contribution in [0.4, 0.5) is 11.5 Å². The first kappa shape index (κ1) is 20.0. The van der Waals surface area contributed by atoms with Crippen LogP contribution in [-0.2, 0) is 0 Å². The van der Waals surface area contributed by atoms with Crippen LogP contribution < -0.4 is 5.32 Å². The number of hydrogen-bond donors (Lipinski definition) is 1. The third-order valence-corrected chi connectivity index (χ3v) is 7.75. The molecule has 0 aliphatic heterocycles. The molecule has 1 N–H and O–H groups in total. The molecule has 3 aromatic carbocycles. The maximum atomic E-state index is 4.81. The Balaban J connectivity index is 1.36. The summed E-state index contributed by atoms with van der Waals surface area (Å²) in [6.07, 6.45) is 1.63. The number of anilines is 2. The van der Waals surface area contributed by atoms with Gasteiger partial charge in [0, 0.05) is 21.7 Å². The highest BCUT2D eigenvalue weighted by Gasteiger charge is 2.17. The van der Waals surface area contributed by atoms with E-state index >= 15 is 0 Å². The molecule has 0 aliphatic rings. The van der Waals surface area contributed by atoms with Crippen molar-refractivity contribution < 1.29 is 0 Å². The third kappa shape index (κ3) is 3.67. The molecule has 0 aliphatic carbocycles. The summed E-state index contributed by atoms with van der Waals surface area (Å²) in [6, 6.07) is 25.2. The summed E-state index contributed by atoms with van der Waals surface area (Å²) in [5.74, 6) is 0.825. The number of benzene rings is 3. The van der Waals surface area contributed by atoms with Crippen molar-refractivity contribution in [1.82, 2.24) is 15.0 Å². The second kappa shape index (κ2) is 8.06. The van der Waals surface area contributed by atoms with E-state index in [1.54, 1.807) is 29.0 Å². The van der Waals surface area contributed by atoms with Crippen molar-refractivity contribution in [2.24, 2.45) is 0 Å². The van der Waals surface area contributed by atoms with Gasteiger partial charge in [-0.15, -0.1) is 22.7 Å². The quantitative estimate of drug-likeness (QED) is 0.287. The first-order chi connectivity index (χ1) is 16.2. The van der Waals surface area contributed by atoms with E-state index < -0.39 is 0 Å². The van der Waals surface area contributed by atoms with E-state index in [-0.39, 0.29) is 0 Å². The van der Waals surface area contributed by atoms with Gasteiger partial charge in [-0.1, -0.05) is 36.4 Å². The molecule has 6 heteroatoms. The zero-order valence-electron chi connectivity index (χ0n) is 18.2. The molecule has 33 heavy (non-hydrogen) atoms. The van der Waals surface area contributed by atoms with E-state index in [9.17, 15) is 0 Å². The summed E-state index contributed by atoms with van der Waals surface area (Å²) in [7, 11) is 0. The topological polar surface area (TPSA) is 50.7 Å². The highest BCUT2D eigenvalue weighted by Crippen LogP contribution is 2.41. The summed E-state index contributed by atoms with van der Waals surface area (Å²) in [5.41, 5.74) is 6.78. The number of nitrogens with zero attached hydrogens (tertiary/aromatic N) is 3. The van der Waals surface area contributed by atoms with E-state index in [0.29, 0.717) is 0 Å². The number of thiazole rings is 1. The Morgan fingerprint density at radius 3 is 2.42 bits per heavy atom. The van der Waals surface area contributed by atoms with E-state index in [2.05, 4.69) is 95.9 Å². The Kier molecular flexibility index (Phi) is 4.89. The summed E-state index contributed by atoms with van der Waals surface area (Å²) in [4.78, 5) is 16.2. The zero-order chi connectivity index (χ0) is 22.4. The molecule has 0 amide bonds. The average Bonchev–Trinajstić information content (AvgIpc) is 3.40. The van der Waals surface area contributed by atoms with Crippen LogP contribution in [0.2, 0.25) is 0 Å². The van der Waals surface area contributed by atoms with Crippen LogP contribution in [0.15, 0.2) is 79.1 Å². The van der Waals surface area contributed by atoms with Crippen molar-refractivity contribution in [2.45, 2.75) is 13.8 Å². The van der Waals surface area contributed by atoms with Crippen molar-refractivity contribution in [1.29, 1.82) is 0 Å². The van der Waals surface area contributed by atoms with Gasteiger partial charge in [-0.25, -0.2) is 15.0 Å². The minimum atomic E-state index is 0.825. The van der Waals surface area contributed by atoms with Gasteiger partial charge in [-0.05, 0) is 61.4 Å². The third-order valence-electron chi connectivity index (χ3n) is 5.67. The van der Waals surface area contributed by atoms with Crippen molar-refractivity contribution in [3.8, 4) is 21.7 Å². The first-order valence-electron chi connectivity index (χ1n) is 10.7. The number of nitrogens with one attached hydrogen (secondary N) is 1. The molecule has 160 valence electrons. The summed E-state index contributed by atoms with van der Waals surface area (Å²) >= 11 is 3.43. The number of rotatable bonds is 4. The molecule has 0 bridgehead atoms. The van der Waals surface area contributed by atoms with Crippen LogP contribution in [0, 0.1) is 13.8 Å². The SMILES string of the molecule is Cc1ccc2nc(-c3ccc(Nc4ncnc5sc(C)c(-c6ccccc6)c45)cc3)sc2c1. The van der Waals surface area contributed by atoms with Gasteiger partial charge in [0.25, 0.3) is 0 Å². The number of thiophene rings is 1. The molecule has 6 aromatic rings. The van der Waals surface area contributed by atoms with Gasteiger partial charge in [0.15, 0.2) is 0 Å². The molecular weight excluding hydrogens is 444 g/mol. The number of aryl methyl sites for hydroxylation is 2. The van der Waals surface area contributed by atoms with Crippen molar-refractivity contribution in [3.05, 3.63) is 89.6 Å².